The third kappa shape index (κ3) is 10.2. The Morgan fingerprint density at radius 1 is 0.678 bits per heavy atom. The highest BCUT2D eigenvalue weighted by Crippen LogP contribution is 2.56. The minimum absolute atomic E-state index is 0.0226. The van der Waals surface area contributed by atoms with E-state index < -0.39 is 12.2 Å². The first-order chi connectivity index (χ1) is 28.5. The quantitative estimate of drug-likeness (QED) is 0.0932. The lowest BCUT2D eigenvalue weighted by molar-refractivity contribution is 0.0668. The topological polar surface area (TPSA) is 195 Å². The van der Waals surface area contributed by atoms with Crippen molar-refractivity contribution in [1.82, 2.24) is 9.80 Å². The van der Waals surface area contributed by atoms with Gasteiger partial charge in [-0.15, -0.1) is 0 Å². The van der Waals surface area contributed by atoms with Crippen LogP contribution in [0.5, 0.6) is 23.0 Å². The largest absolute Gasteiger partial charge is 0.493 e. The van der Waals surface area contributed by atoms with Crippen molar-refractivity contribution in [3.05, 3.63) is 60.7 Å². The van der Waals surface area contributed by atoms with Gasteiger partial charge in [-0.2, -0.15) is 0 Å². The Bertz CT molecular complexity index is 1760. The summed E-state index contributed by atoms with van der Waals surface area (Å²) in [5, 5.41) is 25.5. The molecule has 2 aromatic carbocycles. The standard InChI is InChI=1S/C43H56N4O12/c1-5-14-58-40(52)44-32-20-36(34(54-3)18-30(32)38(50)46-26-42(10-11-42)22-28(46)24-48)56-16-8-7-9-17-57-37-21-33(45-41(53)59-15-6-2)31(19-35(37)55-4)39(51)47-27-43(12-13-43)23-29(47)25-49/h5-6,18-21,28-29,48-49H,1-2,7-17,22-27H2,3-4H3,(H,44,52)(H,45,53)/t28-,29-/m0/s1. The highest BCUT2D eigenvalue weighted by molar-refractivity contribution is 6.05. The predicted octanol–water partition coefficient (Wildman–Crippen LogP) is 5.77. The molecule has 0 radical (unpaired) electrons. The molecule has 2 aliphatic carbocycles. The average molecular weight is 821 g/mol. The van der Waals surface area contributed by atoms with Gasteiger partial charge in [-0.25, -0.2) is 9.59 Å². The zero-order valence-corrected chi connectivity index (χ0v) is 33.9. The van der Waals surface area contributed by atoms with E-state index in [4.69, 9.17) is 28.4 Å². The van der Waals surface area contributed by atoms with Gasteiger partial charge in [0.2, 0.25) is 0 Å². The molecule has 2 saturated heterocycles. The van der Waals surface area contributed by atoms with Gasteiger partial charge in [0.05, 0.1) is 75.2 Å². The molecule has 16 heteroatoms. The van der Waals surface area contributed by atoms with Gasteiger partial charge < -0.3 is 48.4 Å². The van der Waals surface area contributed by atoms with E-state index in [1.807, 2.05) is 0 Å². The first-order valence-electron chi connectivity index (χ1n) is 20.1. The number of benzene rings is 2. The van der Waals surface area contributed by atoms with Crippen molar-refractivity contribution in [1.29, 1.82) is 0 Å². The lowest BCUT2D eigenvalue weighted by atomic mass is 10.0. The minimum Gasteiger partial charge on any atom is -0.493 e. The summed E-state index contributed by atoms with van der Waals surface area (Å²) >= 11 is 0. The van der Waals surface area contributed by atoms with Crippen molar-refractivity contribution >= 4 is 35.4 Å². The monoisotopic (exact) mass is 820 g/mol. The molecule has 2 atom stereocenters. The van der Waals surface area contributed by atoms with E-state index in [0.717, 1.165) is 38.5 Å². The summed E-state index contributed by atoms with van der Waals surface area (Å²) in [5.74, 6) is 0.569. The fraction of sp³-hybridized carbons (Fsp3) is 0.535. The van der Waals surface area contributed by atoms with Crippen molar-refractivity contribution < 1.29 is 57.8 Å². The number of hydrogen-bond acceptors (Lipinski definition) is 12. The molecule has 4 fully saturated rings. The van der Waals surface area contributed by atoms with Crippen LogP contribution in [0.15, 0.2) is 49.6 Å². The molecule has 2 spiro atoms. The van der Waals surface area contributed by atoms with Crippen molar-refractivity contribution in [3.8, 4) is 23.0 Å². The van der Waals surface area contributed by atoms with Gasteiger partial charge in [0.1, 0.15) is 13.2 Å². The molecule has 2 heterocycles. The molecular formula is C43H56N4O12. The Hall–Kier alpha value is -5.48. The molecule has 2 saturated carbocycles. The number of amides is 4. The minimum atomic E-state index is -0.768. The molecular weight excluding hydrogens is 764 g/mol. The van der Waals surface area contributed by atoms with E-state index >= 15 is 0 Å². The zero-order valence-electron chi connectivity index (χ0n) is 33.9. The van der Waals surface area contributed by atoms with Gasteiger partial charge in [-0.3, -0.25) is 20.2 Å². The van der Waals surface area contributed by atoms with Crippen LogP contribution in [0.25, 0.3) is 0 Å². The highest BCUT2D eigenvalue weighted by Gasteiger charge is 2.54. The van der Waals surface area contributed by atoms with E-state index in [-0.39, 0.29) is 96.9 Å². The van der Waals surface area contributed by atoms with Crippen LogP contribution in [-0.4, -0.2) is 123 Å². The number of unbranched alkanes of at least 4 members (excludes halogenated alkanes) is 2. The van der Waals surface area contributed by atoms with Crippen LogP contribution in [0.3, 0.4) is 0 Å². The van der Waals surface area contributed by atoms with Crippen molar-refractivity contribution in [2.75, 3.05) is 77.6 Å². The van der Waals surface area contributed by atoms with E-state index in [2.05, 4.69) is 23.8 Å². The maximum absolute atomic E-state index is 13.9. The molecule has 320 valence electrons. The fourth-order valence-electron chi connectivity index (χ4n) is 8.05. The van der Waals surface area contributed by atoms with Crippen LogP contribution in [0, 0.1) is 10.8 Å². The number of nitrogens with one attached hydrogen (secondary N) is 2. The van der Waals surface area contributed by atoms with Gasteiger partial charge in [0, 0.05) is 25.2 Å². The van der Waals surface area contributed by atoms with Gasteiger partial charge in [0.15, 0.2) is 23.0 Å². The lowest BCUT2D eigenvalue weighted by Gasteiger charge is -2.25. The van der Waals surface area contributed by atoms with E-state index in [1.165, 1.54) is 38.5 Å². The number of ether oxygens (including phenoxy) is 6. The molecule has 0 bridgehead atoms. The summed E-state index contributed by atoms with van der Waals surface area (Å²) in [6, 6.07) is 5.52. The fourth-order valence-corrected chi connectivity index (χ4v) is 8.05. The molecule has 2 aromatic rings. The Morgan fingerprint density at radius 3 is 1.42 bits per heavy atom. The van der Waals surface area contributed by atoms with Crippen LogP contribution in [0.2, 0.25) is 0 Å². The van der Waals surface area contributed by atoms with Crippen LogP contribution in [0.4, 0.5) is 21.0 Å². The molecule has 4 N–H and O–H groups in total. The molecule has 4 aliphatic rings. The summed E-state index contributed by atoms with van der Waals surface area (Å²) in [5.41, 5.74) is 0.853. The summed E-state index contributed by atoms with van der Waals surface area (Å²) in [6.07, 6.45) is 8.77. The smallest absolute Gasteiger partial charge is 0.411 e. The number of aliphatic hydroxyl groups is 2. The summed E-state index contributed by atoms with van der Waals surface area (Å²) < 4.78 is 33.7. The van der Waals surface area contributed by atoms with Gasteiger partial charge >= 0.3 is 12.2 Å². The number of aliphatic hydroxyl groups excluding tert-OH is 2. The first-order valence-corrected chi connectivity index (χ1v) is 20.1. The van der Waals surface area contributed by atoms with Crippen LogP contribution in [0.1, 0.15) is 78.5 Å². The second kappa shape index (κ2) is 19.1. The van der Waals surface area contributed by atoms with Gasteiger partial charge in [-0.05, 0) is 80.8 Å². The van der Waals surface area contributed by atoms with Crippen molar-refractivity contribution in [2.24, 2.45) is 10.8 Å². The number of anilines is 2. The first kappa shape index (κ1) is 43.1. The maximum Gasteiger partial charge on any atom is 0.411 e. The van der Waals surface area contributed by atoms with E-state index in [1.54, 1.807) is 21.9 Å². The maximum atomic E-state index is 13.9. The molecule has 0 unspecified atom stereocenters. The normalized spacial score (nSPS) is 19.2. The predicted molar refractivity (Wildman–Crippen MR) is 218 cm³/mol. The number of likely N-dealkylation sites (tertiary alicyclic amines) is 2. The molecule has 2 aliphatic heterocycles. The van der Waals surface area contributed by atoms with Gasteiger partial charge in [0.25, 0.3) is 11.8 Å². The summed E-state index contributed by atoms with van der Waals surface area (Å²) in [6.45, 7) is 8.41. The number of methoxy groups -OCH3 is 2. The Kier molecular flexibility index (Phi) is 13.9. The molecule has 0 aromatic heterocycles. The third-order valence-corrected chi connectivity index (χ3v) is 11.6. The molecule has 4 amide bonds. The summed E-state index contributed by atoms with van der Waals surface area (Å²) in [4.78, 5) is 56.5. The van der Waals surface area contributed by atoms with Crippen LogP contribution in [-0.2, 0) is 9.47 Å². The SMILES string of the molecule is C=CCOC(=O)Nc1cc(OCCCCCOc2cc(NC(=O)OCC=C)c(C(=O)N3CC4(CC4)C[C@H]3CO)cc2OC)c(OC)cc1C(=O)N1CC2(CC2)C[C@H]1CO. The highest BCUT2D eigenvalue weighted by atomic mass is 16.6. The molecule has 6 rings (SSSR count). The Morgan fingerprint density at radius 2 is 1.08 bits per heavy atom. The number of carbonyl (C=O) groups excluding carboxylic acids is 4. The molecule has 59 heavy (non-hydrogen) atoms. The number of carbonyl (C=O) groups is 4. The number of rotatable bonds is 20. The Balaban J connectivity index is 1.08. The number of hydrogen-bond donors (Lipinski definition) is 4. The second-order valence-electron chi connectivity index (χ2n) is 15.8. The van der Waals surface area contributed by atoms with E-state index in [9.17, 15) is 29.4 Å². The number of nitrogens with zero attached hydrogens (tertiary/aromatic N) is 2. The Labute approximate surface area is 344 Å². The van der Waals surface area contributed by atoms with Gasteiger partial charge in [-0.1, -0.05) is 25.3 Å². The van der Waals surface area contributed by atoms with Crippen LogP contribution < -0.4 is 29.6 Å². The lowest BCUT2D eigenvalue weighted by Crippen LogP contribution is -2.38. The van der Waals surface area contributed by atoms with Crippen LogP contribution >= 0.6 is 0 Å². The van der Waals surface area contributed by atoms with Crippen molar-refractivity contribution in [3.63, 3.8) is 0 Å². The average Bonchev–Trinajstić information content (AvgIpc) is 4.11. The van der Waals surface area contributed by atoms with E-state index in [0.29, 0.717) is 55.4 Å². The summed E-state index contributed by atoms with van der Waals surface area (Å²) in [7, 11) is 2.93. The second-order valence-corrected chi connectivity index (χ2v) is 15.8. The van der Waals surface area contributed by atoms with Crippen molar-refractivity contribution in [2.45, 2.75) is 69.9 Å². The zero-order chi connectivity index (χ0) is 42.2. The molecule has 16 nitrogen and oxygen atoms in total. The third-order valence-electron chi connectivity index (χ3n) is 11.6.